The molecule has 0 radical (unpaired) electrons. The van der Waals surface area contributed by atoms with Crippen LogP contribution in [-0.2, 0) is 0 Å². The number of rotatable bonds is 8. The van der Waals surface area contributed by atoms with Gasteiger partial charge in [-0.1, -0.05) is 63.6 Å². The second-order valence-electron chi connectivity index (χ2n) is 7.42. The predicted molar refractivity (Wildman–Crippen MR) is 122 cm³/mol. The van der Waals surface area contributed by atoms with Crippen LogP contribution in [0.3, 0.4) is 0 Å². The highest BCUT2D eigenvalue weighted by molar-refractivity contribution is 5.87. The zero-order valence-electron chi connectivity index (χ0n) is 18.9. The third kappa shape index (κ3) is 11.3. The highest BCUT2D eigenvalue weighted by Crippen LogP contribution is 2.29. The number of hydrogen-bond donors (Lipinski definition) is 4. The standard InChI is InChI=1S/C11H24O2.2C7H6O2/c1-5-8-9(10(12)6-2)11(4,13)7-3;2*8-7(9)6-4-2-1-3-5-6/h9-10,12-13H,5-8H2,1-4H3;2*1-5H,(H,8,9). The minimum Gasteiger partial charge on any atom is -0.478 e. The van der Waals surface area contributed by atoms with Crippen LogP contribution in [0.15, 0.2) is 60.7 Å². The van der Waals surface area contributed by atoms with Crippen molar-refractivity contribution in [1.82, 2.24) is 0 Å². The monoisotopic (exact) mass is 432 g/mol. The Morgan fingerprint density at radius 3 is 1.45 bits per heavy atom. The molecule has 3 unspecified atom stereocenters. The quantitative estimate of drug-likeness (QED) is 0.461. The maximum absolute atomic E-state index is 10.2. The lowest BCUT2D eigenvalue weighted by atomic mass is 9.79. The van der Waals surface area contributed by atoms with Gasteiger partial charge in [0.1, 0.15) is 0 Å². The molecular formula is C25H36O6. The SMILES string of the molecule is CCCC(C(O)CC)C(C)(O)CC.O=C(O)c1ccccc1.O=C(O)c1ccccc1. The molecule has 0 aliphatic rings. The topological polar surface area (TPSA) is 115 Å². The van der Waals surface area contributed by atoms with Crippen molar-refractivity contribution in [3.05, 3.63) is 71.8 Å². The van der Waals surface area contributed by atoms with Crippen LogP contribution in [0.1, 0.15) is 74.1 Å². The molecule has 2 aromatic rings. The van der Waals surface area contributed by atoms with Gasteiger partial charge in [0.2, 0.25) is 0 Å². The Labute approximate surface area is 185 Å². The lowest BCUT2D eigenvalue weighted by Crippen LogP contribution is -2.41. The van der Waals surface area contributed by atoms with Crippen LogP contribution in [0.5, 0.6) is 0 Å². The van der Waals surface area contributed by atoms with Gasteiger partial charge in [-0.05, 0) is 50.5 Å². The van der Waals surface area contributed by atoms with Gasteiger partial charge < -0.3 is 20.4 Å². The van der Waals surface area contributed by atoms with Crippen molar-refractivity contribution in [2.24, 2.45) is 5.92 Å². The first-order valence-electron chi connectivity index (χ1n) is 10.6. The third-order valence-corrected chi connectivity index (χ3v) is 5.04. The Morgan fingerprint density at radius 2 is 1.23 bits per heavy atom. The maximum atomic E-state index is 10.2. The molecule has 172 valence electrons. The fourth-order valence-corrected chi connectivity index (χ4v) is 2.94. The Bertz CT molecular complexity index is 694. The van der Waals surface area contributed by atoms with E-state index < -0.39 is 17.5 Å². The van der Waals surface area contributed by atoms with Gasteiger partial charge in [0.15, 0.2) is 0 Å². The molecule has 2 rings (SSSR count). The molecule has 0 aliphatic heterocycles. The smallest absolute Gasteiger partial charge is 0.335 e. The van der Waals surface area contributed by atoms with Crippen LogP contribution in [0, 0.1) is 5.92 Å². The van der Waals surface area contributed by atoms with E-state index in [0.29, 0.717) is 17.5 Å². The molecular weight excluding hydrogens is 396 g/mol. The Kier molecular flexibility index (Phi) is 13.8. The predicted octanol–water partition coefficient (Wildman–Crippen LogP) is 5.10. The van der Waals surface area contributed by atoms with Crippen molar-refractivity contribution in [3.63, 3.8) is 0 Å². The van der Waals surface area contributed by atoms with Crippen molar-refractivity contribution in [2.75, 3.05) is 0 Å². The molecule has 0 fully saturated rings. The number of carbonyl (C=O) groups is 2. The number of hydrogen-bond acceptors (Lipinski definition) is 4. The van der Waals surface area contributed by atoms with Crippen molar-refractivity contribution in [3.8, 4) is 0 Å². The van der Waals surface area contributed by atoms with E-state index in [-0.39, 0.29) is 12.0 Å². The van der Waals surface area contributed by atoms with Crippen LogP contribution in [-0.4, -0.2) is 44.1 Å². The largest absolute Gasteiger partial charge is 0.478 e. The number of carboxylic acids is 2. The van der Waals surface area contributed by atoms with Crippen molar-refractivity contribution >= 4 is 11.9 Å². The molecule has 0 aromatic heterocycles. The van der Waals surface area contributed by atoms with Gasteiger partial charge in [-0.2, -0.15) is 0 Å². The van der Waals surface area contributed by atoms with Crippen molar-refractivity contribution < 1.29 is 30.0 Å². The molecule has 0 bridgehead atoms. The molecule has 0 aliphatic carbocycles. The van der Waals surface area contributed by atoms with E-state index in [1.807, 2.05) is 20.8 Å². The fourth-order valence-electron chi connectivity index (χ4n) is 2.94. The van der Waals surface area contributed by atoms with Crippen LogP contribution >= 0.6 is 0 Å². The second-order valence-corrected chi connectivity index (χ2v) is 7.42. The van der Waals surface area contributed by atoms with Gasteiger partial charge in [-0.15, -0.1) is 0 Å². The Hall–Kier alpha value is -2.70. The molecule has 0 saturated carbocycles. The first-order chi connectivity index (χ1) is 14.6. The zero-order valence-corrected chi connectivity index (χ0v) is 18.9. The van der Waals surface area contributed by atoms with E-state index in [1.54, 1.807) is 60.7 Å². The molecule has 6 nitrogen and oxygen atoms in total. The minimum atomic E-state index is -0.879. The van der Waals surface area contributed by atoms with Gasteiger partial charge in [0.25, 0.3) is 0 Å². The van der Waals surface area contributed by atoms with Gasteiger partial charge in [0.05, 0.1) is 22.8 Å². The number of aliphatic hydroxyl groups excluding tert-OH is 1. The van der Waals surface area contributed by atoms with E-state index in [9.17, 15) is 19.8 Å². The highest BCUT2D eigenvalue weighted by Gasteiger charge is 2.33. The summed E-state index contributed by atoms with van der Waals surface area (Å²) in [6.45, 7) is 7.83. The lowest BCUT2D eigenvalue weighted by Gasteiger charge is -2.35. The molecule has 31 heavy (non-hydrogen) atoms. The van der Waals surface area contributed by atoms with Gasteiger partial charge in [-0.3, -0.25) is 0 Å². The van der Waals surface area contributed by atoms with E-state index in [4.69, 9.17) is 10.2 Å². The average Bonchev–Trinajstić information content (AvgIpc) is 2.78. The summed E-state index contributed by atoms with van der Waals surface area (Å²) in [6, 6.07) is 16.6. The molecule has 2 aromatic carbocycles. The molecule has 0 heterocycles. The van der Waals surface area contributed by atoms with Crippen molar-refractivity contribution in [2.45, 2.75) is 65.1 Å². The Morgan fingerprint density at radius 1 is 0.839 bits per heavy atom. The van der Waals surface area contributed by atoms with Crippen LogP contribution in [0.2, 0.25) is 0 Å². The summed E-state index contributed by atoms with van der Waals surface area (Å²) < 4.78 is 0. The molecule has 3 atom stereocenters. The number of aromatic carboxylic acids is 2. The van der Waals surface area contributed by atoms with E-state index in [0.717, 1.165) is 19.3 Å². The molecule has 0 spiro atoms. The molecule has 4 N–H and O–H groups in total. The second kappa shape index (κ2) is 15.2. The average molecular weight is 433 g/mol. The summed E-state index contributed by atoms with van der Waals surface area (Å²) in [5, 5.41) is 36.6. The van der Waals surface area contributed by atoms with Crippen LogP contribution in [0.4, 0.5) is 0 Å². The molecule has 0 saturated heterocycles. The van der Waals surface area contributed by atoms with Gasteiger partial charge in [-0.25, -0.2) is 9.59 Å². The summed E-state index contributed by atoms with van der Waals surface area (Å²) in [4.78, 5) is 20.4. The zero-order chi connectivity index (χ0) is 23.9. The van der Waals surface area contributed by atoms with E-state index >= 15 is 0 Å². The summed E-state index contributed by atoms with van der Waals surface area (Å²) in [5.41, 5.74) is -0.0548. The number of aliphatic hydroxyl groups is 2. The highest BCUT2D eigenvalue weighted by atomic mass is 16.4. The first-order valence-corrected chi connectivity index (χ1v) is 10.6. The van der Waals surface area contributed by atoms with Crippen molar-refractivity contribution in [1.29, 1.82) is 0 Å². The summed E-state index contributed by atoms with van der Waals surface area (Å²) in [5.74, 6) is -1.74. The third-order valence-electron chi connectivity index (χ3n) is 5.04. The fraction of sp³-hybridized carbons (Fsp3) is 0.440. The number of benzene rings is 2. The molecule has 0 amide bonds. The summed E-state index contributed by atoms with van der Waals surface area (Å²) in [6.07, 6.45) is 2.97. The minimum absolute atomic E-state index is 0.0208. The maximum Gasteiger partial charge on any atom is 0.335 e. The van der Waals surface area contributed by atoms with E-state index in [2.05, 4.69) is 6.92 Å². The van der Waals surface area contributed by atoms with Crippen LogP contribution in [0.25, 0.3) is 0 Å². The van der Waals surface area contributed by atoms with E-state index in [1.165, 1.54) is 0 Å². The normalized spacial score (nSPS) is 13.9. The Balaban J connectivity index is 0.000000445. The summed E-state index contributed by atoms with van der Waals surface area (Å²) in [7, 11) is 0. The summed E-state index contributed by atoms with van der Waals surface area (Å²) >= 11 is 0. The molecule has 6 heteroatoms. The van der Waals surface area contributed by atoms with Gasteiger partial charge >= 0.3 is 11.9 Å². The van der Waals surface area contributed by atoms with Crippen LogP contribution < -0.4 is 0 Å². The first kappa shape index (κ1) is 28.3. The number of carboxylic acid groups (broad SMARTS) is 2. The van der Waals surface area contributed by atoms with Gasteiger partial charge in [0, 0.05) is 5.92 Å². The lowest BCUT2D eigenvalue weighted by molar-refractivity contribution is -0.0660.